The van der Waals surface area contributed by atoms with Crippen LogP contribution in [0.1, 0.15) is 63.8 Å². The van der Waals surface area contributed by atoms with Crippen molar-refractivity contribution in [3.63, 3.8) is 0 Å². The van der Waals surface area contributed by atoms with Gasteiger partial charge in [0.05, 0.1) is 0 Å². The van der Waals surface area contributed by atoms with Crippen molar-refractivity contribution in [2.75, 3.05) is 0 Å². The highest BCUT2D eigenvalue weighted by atomic mass is 14.3. The van der Waals surface area contributed by atoms with Crippen molar-refractivity contribution in [2.24, 2.45) is 0 Å². The Hall–Kier alpha value is -3.12. The van der Waals surface area contributed by atoms with E-state index < -0.39 is 0 Å². The third kappa shape index (κ3) is 3.58. The van der Waals surface area contributed by atoms with Gasteiger partial charge in [0.25, 0.3) is 0 Å². The maximum Gasteiger partial charge on any atom is -0.00264 e. The SMILES string of the molecule is CC(C)(C)c1cc(/C=C/c2ccc3c(c2)-c2cccc4cccc-3c24)cc(C(C)(C)C)c1. The van der Waals surface area contributed by atoms with E-state index in [2.05, 4.69) is 126 Å². The molecule has 0 saturated carbocycles. The maximum absolute atomic E-state index is 2.38. The molecule has 0 nitrogen and oxygen atoms in total. The monoisotopic (exact) mass is 416 g/mol. The summed E-state index contributed by atoms with van der Waals surface area (Å²) in [4.78, 5) is 0. The van der Waals surface area contributed by atoms with E-state index in [-0.39, 0.29) is 10.8 Å². The summed E-state index contributed by atoms with van der Waals surface area (Å²) in [5, 5.41) is 2.71. The van der Waals surface area contributed by atoms with Gasteiger partial charge >= 0.3 is 0 Å². The van der Waals surface area contributed by atoms with Gasteiger partial charge in [0, 0.05) is 0 Å². The summed E-state index contributed by atoms with van der Waals surface area (Å²) in [6, 6.07) is 27.2. The van der Waals surface area contributed by atoms with Crippen LogP contribution in [0.25, 0.3) is 45.2 Å². The smallest absolute Gasteiger partial charge is 0.00264 e. The van der Waals surface area contributed by atoms with E-state index >= 15 is 0 Å². The van der Waals surface area contributed by atoms with Crippen LogP contribution in [0.3, 0.4) is 0 Å². The van der Waals surface area contributed by atoms with Crippen LogP contribution in [0, 0.1) is 0 Å². The fourth-order valence-electron chi connectivity index (χ4n) is 4.72. The summed E-state index contributed by atoms with van der Waals surface area (Å²) in [5.41, 5.74) is 11.0. The Bertz CT molecular complexity index is 1330. The molecule has 32 heavy (non-hydrogen) atoms. The van der Waals surface area contributed by atoms with Gasteiger partial charge in [-0.25, -0.2) is 0 Å². The van der Waals surface area contributed by atoms with E-state index in [1.54, 1.807) is 0 Å². The van der Waals surface area contributed by atoms with Crippen molar-refractivity contribution in [1.82, 2.24) is 0 Å². The van der Waals surface area contributed by atoms with Gasteiger partial charge in [-0.1, -0.05) is 120 Å². The van der Waals surface area contributed by atoms with Crippen LogP contribution in [0.5, 0.6) is 0 Å². The third-order valence-electron chi connectivity index (χ3n) is 6.68. The highest BCUT2D eigenvalue weighted by molar-refractivity contribution is 6.15. The second-order valence-corrected chi connectivity index (χ2v) is 11.2. The van der Waals surface area contributed by atoms with Gasteiger partial charge in [-0.2, -0.15) is 0 Å². The van der Waals surface area contributed by atoms with Crippen LogP contribution in [0.4, 0.5) is 0 Å². The molecule has 0 atom stereocenters. The van der Waals surface area contributed by atoms with Crippen LogP contribution in [0.15, 0.2) is 72.8 Å². The predicted molar refractivity (Wildman–Crippen MR) is 141 cm³/mol. The Labute approximate surface area is 192 Å². The fourth-order valence-corrected chi connectivity index (χ4v) is 4.72. The molecule has 0 bridgehead atoms. The van der Waals surface area contributed by atoms with Crippen LogP contribution in [0.2, 0.25) is 0 Å². The first-order valence-corrected chi connectivity index (χ1v) is 11.6. The minimum Gasteiger partial charge on any atom is -0.0610 e. The molecule has 4 aromatic rings. The molecule has 0 aliphatic heterocycles. The highest BCUT2D eigenvalue weighted by Gasteiger charge is 2.21. The zero-order valence-electron chi connectivity index (χ0n) is 20.1. The van der Waals surface area contributed by atoms with Crippen LogP contribution < -0.4 is 0 Å². The van der Waals surface area contributed by atoms with E-state index in [4.69, 9.17) is 0 Å². The lowest BCUT2D eigenvalue weighted by Gasteiger charge is -2.25. The number of rotatable bonds is 2. The van der Waals surface area contributed by atoms with Crippen molar-refractivity contribution in [3.8, 4) is 22.3 Å². The molecule has 4 aromatic carbocycles. The van der Waals surface area contributed by atoms with Crippen LogP contribution >= 0.6 is 0 Å². The fraction of sp³-hybridized carbons (Fsp3) is 0.250. The number of hydrogen-bond acceptors (Lipinski definition) is 0. The standard InChI is InChI=1S/C32H32/c1-31(2,3)24-17-22(18-25(20-24)32(4,5)6)14-13-21-15-16-26-27-11-7-9-23-10-8-12-28(30(23)27)29(26)19-21/h7-20H,1-6H3/b14-13+. The predicted octanol–water partition coefficient (Wildman–Crippen LogP) is 9.25. The minimum absolute atomic E-state index is 0.127. The van der Waals surface area contributed by atoms with E-state index in [0.717, 1.165) is 0 Å². The molecule has 1 aliphatic rings. The van der Waals surface area contributed by atoms with Gasteiger partial charge in [-0.3, -0.25) is 0 Å². The van der Waals surface area contributed by atoms with E-state index in [1.807, 2.05) is 0 Å². The summed E-state index contributed by atoms with van der Waals surface area (Å²) in [7, 11) is 0. The first-order chi connectivity index (χ1) is 15.1. The normalized spacial score (nSPS) is 13.2. The molecule has 0 aromatic heterocycles. The molecule has 0 amide bonds. The zero-order chi connectivity index (χ0) is 22.7. The first kappa shape index (κ1) is 20.8. The van der Waals surface area contributed by atoms with E-state index in [1.165, 1.54) is 55.3 Å². The van der Waals surface area contributed by atoms with Crippen molar-refractivity contribution >= 4 is 22.9 Å². The summed E-state index contributed by atoms with van der Waals surface area (Å²) in [6.45, 7) is 13.8. The third-order valence-corrected chi connectivity index (χ3v) is 6.68. The quantitative estimate of drug-likeness (QED) is 0.251. The summed E-state index contributed by atoms with van der Waals surface area (Å²) < 4.78 is 0. The van der Waals surface area contributed by atoms with Crippen molar-refractivity contribution < 1.29 is 0 Å². The average molecular weight is 417 g/mol. The Morgan fingerprint density at radius 2 is 1.06 bits per heavy atom. The van der Waals surface area contributed by atoms with Crippen LogP contribution in [-0.2, 0) is 10.8 Å². The number of benzene rings is 4. The van der Waals surface area contributed by atoms with Gasteiger partial charge < -0.3 is 0 Å². The lowest BCUT2D eigenvalue weighted by atomic mass is 9.79. The molecule has 0 spiro atoms. The lowest BCUT2D eigenvalue weighted by molar-refractivity contribution is 0.568. The molecule has 0 fully saturated rings. The summed E-state index contributed by atoms with van der Waals surface area (Å²) in [5.74, 6) is 0. The van der Waals surface area contributed by atoms with Gasteiger partial charge in [-0.05, 0) is 72.2 Å². The molecule has 0 unspecified atom stereocenters. The highest BCUT2D eigenvalue weighted by Crippen LogP contribution is 2.47. The van der Waals surface area contributed by atoms with Crippen molar-refractivity contribution in [2.45, 2.75) is 52.4 Å². The summed E-state index contributed by atoms with van der Waals surface area (Å²) in [6.07, 6.45) is 4.53. The van der Waals surface area contributed by atoms with E-state index in [0.29, 0.717) is 0 Å². The Kier molecular flexibility index (Phi) is 4.67. The molecule has 0 radical (unpaired) electrons. The van der Waals surface area contributed by atoms with E-state index in [9.17, 15) is 0 Å². The van der Waals surface area contributed by atoms with Gasteiger partial charge in [0.15, 0.2) is 0 Å². The van der Waals surface area contributed by atoms with Gasteiger partial charge in [0.1, 0.15) is 0 Å². The molecule has 5 rings (SSSR count). The van der Waals surface area contributed by atoms with Gasteiger partial charge in [-0.15, -0.1) is 0 Å². The lowest BCUT2D eigenvalue weighted by Crippen LogP contribution is -2.16. The Morgan fingerprint density at radius 3 is 1.66 bits per heavy atom. The molecular weight excluding hydrogens is 384 g/mol. The molecule has 0 heteroatoms. The molecule has 0 saturated heterocycles. The largest absolute Gasteiger partial charge is 0.0610 e. The molecule has 1 aliphatic carbocycles. The molecule has 0 N–H and O–H groups in total. The van der Waals surface area contributed by atoms with Crippen molar-refractivity contribution in [3.05, 3.63) is 95.1 Å². The minimum atomic E-state index is 0.127. The zero-order valence-corrected chi connectivity index (χ0v) is 20.1. The number of hydrogen-bond donors (Lipinski definition) is 0. The number of fused-ring (bicyclic) bond motifs is 3. The van der Waals surface area contributed by atoms with Crippen molar-refractivity contribution in [1.29, 1.82) is 0 Å². The Morgan fingerprint density at radius 1 is 0.500 bits per heavy atom. The molecule has 0 heterocycles. The second kappa shape index (κ2) is 7.20. The van der Waals surface area contributed by atoms with Gasteiger partial charge in [0.2, 0.25) is 0 Å². The molecular formula is C32H32. The van der Waals surface area contributed by atoms with Crippen LogP contribution in [-0.4, -0.2) is 0 Å². The Balaban J connectivity index is 1.56. The average Bonchev–Trinajstić information content (AvgIpc) is 3.06. The summed E-state index contributed by atoms with van der Waals surface area (Å²) >= 11 is 0. The topological polar surface area (TPSA) is 0 Å². The molecule has 160 valence electrons. The maximum atomic E-state index is 2.38. The first-order valence-electron chi connectivity index (χ1n) is 11.6. The second-order valence-electron chi connectivity index (χ2n) is 11.2.